The highest BCUT2D eigenvalue weighted by atomic mass is 35.5. The number of Topliss-reactive ketones (excluding diaryl/α,β-unsaturated/α-hetero) is 1. The molecule has 0 heterocycles. The van der Waals surface area contributed by atoms with E-state index in [2.05, 4.69) is 0 Å². The van der Waals surface area contributed by atoms with E-state index >= 15 is 0 Å². The van der Waals surface area contributed by atoms with E-state index in [1.165, 1.54) is 0 Å². The van der Waals surface area contributed by atoms with Crippen LogP contribution in [0.2, 0.25) is 5.02 Å². The van der Waals surface area contributed by atoms with Gasteiger partial charge in [-0.25, -0.2) is 0 Å². The first kappa shape index (κ1) is 21.7. The van der Waals surface area contributed by atoms with Crippen LogP contribution in [-0.4, -0.2) is 26.3 Å². The summed E-state index contributed by atoms with van der Waals surface area (Å²) in [4.78, 5) is 25.2. The summed E-state index contributed by atoms with van der Waals surface area (Å²) < 4.78 is 1.84. The Morgan fingerprint density at radius 1 is 1.00 bits per heavy atom. The molecule has 7 heteroatoms. The third kappa shape index (κ3) is 5.23. The maximum Gasteiger partial charge on any atom is 0.284 e. The molecule has 0 saturated heterocycles. The van der Waals surface area contributed by atoms with Crippen molar-refractivity contribution in [1.82, 2.24) is 9.06 Å². The zero-order valence-corrected chi connectivity index (χ0v) is 17.6. The van der Waals surface area contributed by atoms with E-state index in [1.54, 1.807) is 50.2 Å². The van der Waals surface area contributed by atoms with Gasteiger partial charge in [0.1, 0.15) is 0 Å². The number of hydrogen-bond acceptors (Lipinski definition) is 3. The van der Waals surface area contributed by atoms with E-state index in [4.69, 9.17) is 35.2 Å². The van der Waals surface area contributed by atoms with Gasteiger partial charge < -0.3 is 0 Å². The Bertz CT molecular complexity index is 822. The summed E-state index contributed by atoms with van der Waals surface area (Å²) in [5, 5.41) is 0.370. The molecule has 0 bridgehead atoms. The Hall–Kier alpha value is -1.59. The van der Waals surface area contributed by atoms with Crippen molar-refractivity contribution in [1.29, 1.82) is 0 Å². The molecular formula is C20H21Cl3N2O2. The number of ketones is 1. The summed E-state index contributed by atoms with van der Waals surface area (Å²) in [6.07, 6.45) is 0.892. The first-order valence-electron chi connectivity index (χ1n) is 8.50. The molecule has 27 heavy (non-hydrogen) atoms. The number of hydrazine groups is 1. The molecular weight excluding hydrogens is 407 g/mol. The van der Waals surface area contributed by atoms with Crippen molar-refractivity contribution in [2.24, 2.45) is 0 Å². The minimum absolute atomic E-state index is 0.0194. The quantitative estimate of drug-likeness (QED) is 0.313. The number of hydrogen-bond donors (Lipinski definition) is 0. The van der Waals surface area contributed by atoms with Gasteiger partial charge in [0.2, 0.25) is 0 Å². The number of amides is 1. The van der Waals surface area contributed by atoms with Gasteiger partial charge in [-0.05, 0) is 50.1 Å². The second-order valence-electron chi connectivity index (χ2n) is 6.77. The molecule has 2 aromatic carbocycles. The molecule has 0 fully saturated rings. The molecule has 0 saturated carbocycles. The first-order chi connectivity index (χ1) is 12.7. The molecule has 0 aromatic heterocycles. The van der Waals surface area contributed by atoms with Crippen LogP contribution in [-0.2, 0) is 6.42 Å². The van der Waals surface area contributed by atoms with Crippen LogP contribution in [0.3, 0.4) is 0 Å². The van der Waals surface area contributed by atoms with Gasteiger partial charge in [0, 0.05) is 41.1 Å². The SMILES string of the molecule is CCc1ccc(C(=O)N(Cl)N(Cl)C(C)(C)CC(=O)c2ccccc2Cl)cc1. The van der Waals surface area contributed by atoms with E-state index in [0.717, 1.165) is 21.0 Å². The summed E-state index contributed by atoms with van der Waals surface area (Å²) >= 11 is 18.6. The van der Waals surface area contributed by atoms with Crippen molar-refractivity contribution in [3.05, 3.63) is 70.2 Å². The molecule has 144 valence electrons. The van der Waals surface area contributed by atoms with Crippen LogP contribution < -0.4 is 0 Å². The fourth-order valence-electron chi connectivity index (χ4n) is 2.55. The largest absolute Gasteiger partial charge is 0.294 e. The molecule has 1 amide bonds. The topological polar surface area (TPSA) is 40.6 Å². The highest BCUT2D eigenvalue weighted by Gasteiger charge is 2.35. The second-order valence-corrected chi connectivity index (χ2v) is 7.82. The third-order valence-corrected chi connectivity index (χ3v) is 5.52. The Labute approximate surface area is 174 Å². The number of halogens is 3. The summed E-state index contributed by atoms with van der Waals surface area (Å²) in [5.41, 5.74) is 0.987. The summed E-state index contributed by atoms with van der Waals surface area (Å²) in [5.74, 6) is -0.673. The fourth-order valence-corrected chi connectivity index (χ4v) is 3.22. The third-order valence-electron chi connectivity index (χ3n) is 4.20. The lowest BCUT2D eigenvalue weighted by Crippen LogP contribution is -2.48. The van der Waals surface area contributed by atoms with Crippen molar-refractivity contribution in [3.63, 3.8) is 0 Å². The number of benzene rings is 2. The van der Waals surface area contributed by atoms with E-state index in [-0.39, 0.29) is 12.2 Å². The monoisotopic (exact) mass is 426 g/mol. The Morgan fingerprint density at radius 2 is 1.59 bits per heavy atom. The normalized spacial score (nSPS) is 11.5. The predicted molar refractivity (Wildman–Crippen MR) is 110 cm³/mol. The summed E-state index contributed by atoms with van der Waals surface area (Å²) in [7, 11) is 0. The number of carbonyl (C=O) groups is 2. The van der Waals surface area contributed by atoms with Crippen molar-refractivity contribution in [2.75, 3.05) is 0 Å². The smallest absolute Gasteiger partial charge is 0.284 e. The van der Waals surface area contributed by atoms with Gasteiger partial charge >= 0.3 is 0 Å². The Morgan fingerprint density at radius 3 is 2.15 bits per heavy atom. The average Bonchev–Trinajstić information content (AvgIpc) is 2.66. The van der Waals surface area contributed by atoms with Crippen LogP contribution in [0, 0.1) is 0 Å². The van der Waals surface area contributed by atoms with Crippen LogP contribution in [0.15, 0.2) is 48.5 Å². The van der Waals surface area contributed by atoms with Gasteiger partial charge in [-0.3, -0.25) is 9.59 Å². The van der Waals surface area contributed by atoms with Gasteiger partial charge in [0.15, 0.2) is 5.78 Å². The van der Waals surface area contributed by atoms with Gasteiger partial charge in [-0.2, -0.15) is 4.53 Å². The molecule has 2 aromatic rings. The molecule has 0 unspecified atom stereocenters. The Balaban J connectivity index is 2.13. The molecule has 4 nitrogen and oxygen atoms in total. The minimum atomic E-state index is -0.932. The maximum absolute atomic E-state index is 12.6. The molecule has 0 aliphatic rings. The molecule has 0 aliphatic carbocycles. The van der Waals surface area contributed by atoms with Gasteiger partial charge in [-0.1, -0.05) is 42.8 Å². The average molecular weight is 428 g/mol. The second kappa shape index (κ2) is 9.07. The van der Waals surface area contributed by atoms with Crippen molar-refractivity contribution in [3.8, 4) is 0 Å². The lowest BCUT2D eigenvalue weighted by molar-refractivity contribution is 0.0374. The van der Waals surface area contributed by atoms with Crippen LogP contribution in [0.4, 0.5) is 0 Å². The molecule has 0 radical (unpaired) electrons. The minimum Gasteiger partial charge on any atom is -0.294 e. The van der Waals surface area contributed by atoms with Crippen LogP contribution in [0.25, 0.3) is 0 Å². The fraction of sp³-hybridized carbons (Fsp3) is 0.300. The van der Waals surface area contributed by atoms with Crippen molar-refractivity contribution < 1.29 is 9.59 Å². The summed E-state index contributed by atoms with van der Waals surface area (Å²) in [6, 6.07) is 13.9. The van der Waals surface area contributed by atoms with E-state index in [0.29, 0.717) is 16.1 Å². The molecule has 0 N–H and O–H groups in total. The molecule has 0 atom stereocenters. The zero-order valence-electron chi connectivity index (χ0n) is 15.4. The zero-order chi connectivity index (χ0) is 20.2. The number of carbonyl (C=O) groups excluding carboxylic acids is 2. The highest BCUT2D eigenvalue weighted by molar-refractivity contribution is 6.34. The maximum atomic E-state index is 12.6. The number of nitrogens with zero attached hydrogens (tertiary/aromatic N) is 2. The highest BCUT2D eigenvalue weighted by Crippen LogP contribution is 2.29. The molecule has 2 rings (SSSR count). The van der Waals surface area contributed by atoms with E-state index < -0.39 is 11.4 Å². The van der Waals surface area contributed by atoms with E-state index in [1.807, 2.05) is 19.1 Å². The lowest BCUT2D eigenvalue weighted by Gasteiger charge is -2.35. The van der Waals surface area contributed by atoms with Crippen molar-refractivity contribution >= 4 is 46.8 Å². The van der Waals surface area contributed by atoms with Gasteiger partial charge in [0.05, 0.1) is 10.6 Å². The first-order valence-corrected chi connectivity index (χ1v) is 9.55. The van der Waals surface area contributed by atoms with Crippen LogP contribution in [0.5, 0.6) is 0 Å². The van der Waals surface area contributed by atoms with Crippen LogP contribution in [0.1, 0.15) is 53.5 Å². The number of rotatable bonds is 7. The van der Waals surface area contributed by atoms with Gasteiger partial charge in [0.25, 0.3) is 5.91 Å². The molecule has 0 aliphatic heterocycles. The van der Waals surface area contributed by atoms with Crippen molar-refractivity contribution in [2.45, 2.75) is 39.2 Å². The lowest BCUT2D eigenvalue weighted by atomic mass is 9.95. The predicted octanol–water partition coefficient (Wildman–Crippen LogP) is 5.92. The molecule has 0 spiro atoms. The standard InChI is InChI=1S/C20H21Cl3N2O2/c1-4-14-9-11-15(12-10-14)19(27)24(22)25(23)20(2,3)13-18(26)16-7-5-6-8-17(16)21/h5-12H,4,13H2,1-3H3. The number of aryl methyl sites for hydroxylation is 1. The van der Waals surface area contributed by atoms with E-state index in [9.17, 15) is 9.59 Å². The Kier molecular flexibility index (Phi) is 7.29. The van der Waals surface area contributed by atoms with Gasteiger partial charge in [-0.15, -0.1) is 4.53 Å². The summed E-state index contributed by atoms with van der Waals surface area (Å²) in [6.45, 7) is 5.47. The van der Waals surface area contributed by atoms with Crippen LogP contribution >= 0.6 is 35.2 Å².